The Morgan fingerprint density at radius 2 is 1.65 bits per heavy atom. The summed E-state index contributed by atoms with van der Waals surface area (Å²) in [5.41, 5.74) is 3.07. The average molecular weight is 414 g/mol. The van der Waals surface area contributed by atoms with Crippen molar-refractivity contribution in [3.63, 3.8) is 0 Å². The van der Waals surface area contributed by atoms with Gasteiger partial charge in [-0.25, -0.2) is 4.79 Å². The highest BCUT2D eigenvalue weighted by Gasteiger charge is 2.11. The molecule has 0 unspecified atom stereocenters. The van der Waals surface area contributed by atoms with E-state index in [0.717, 1.165) is 33.2 Å². The fraction of sp³-hybridized carbons (Fsp3) is 0.120. The van der Waals surface area contributed by atoms with Crippen LogP contribution in [-0.4, -0.2) is 25.3 Å². The average Bonchev–Trinajstić information content (AvgIpc) is 2.83. The molecule has 6 heteroatoms. The van der Waals surface area contributed by atoms with Crippen molar-refractivity contribution in [1.29, 1.82) is 0 Å². The van der Waals surface area contributed by atoms with Crippen molar-refractivity contribution in [2.75, 3.05) is 14.2 Å². The van der Waals surface area contributed by atoms with Gasteiger partial charge >= 0.3 is 6.09 Å². The van der Waals surface area contributed by atoms with Gasteiger partial charge < -0.3 is 19.5 Å². The number of aromatic nitrogens is 1. The second-order valence-corrected chi connectivity index (χ2v) is 6.84. The van der Waals surface area contributed by atoms with E-state index in [1.54, 1.807) is 44.7 Å². The Balaban J connectivity index is 1.54. The number of benzene rings is 3. The smallest absolute Gasteiger partial charge is 0.412 e. The first-order valence-electron chi connectivity index (χ1n) is 9.77. The molecule has 0 fully saturated rings. The highest BCUT2D eigenvalue weighted by molar-refractivity contribution is 5.98. The van der Waals surface area contributed by atoms with Crippen molar-refractivity contribution < 1.29 is 19.0 Å². The molecule has 1 heterocycles. The molecule has 0 aliphatic rings. The van der Waals surface area contributed by atoms with Crippen LogP contribution in [-0.2, 0) is 6.54 Å². The van der Waals surface area contributed by atoms with Crippen molar-refractivity contribution in [1.82, 2.24) is 10.3 Å². The van der Waals surface area contributed by atoms with Gasteiger partial charge in [-0.3, -0.25) is 4.98 Å². The fourth-order valence-corrected chi connectivity index (χ4v) is 3.40. The van der Waals surface area contributed by atoms with E-state index in [1.165, 1.54) is 0 Å². The van der Waals surface area contributed by atoms with E-state index >= 15 is 0 Å². The lowest BCUT2D eigenvalue weighted by Gasteiger charge is -2.13. The molecule has 0 aliphatic heterocycles. The number of fused-ring (bicyclic) bond motifs is 1. The summed E-state index contributed by atoms with van der Waals surface area (Å²) in [5.74, 6) is 1.94. The van der Waals surface area contributed by atoms with Crippen LogP contribution < -0.4 is 19.5 Å². The summed E-state index contributed by atoms with van der Waals surface area (Å²) < 4.78 is 15.8. The first-order valence-corrected chi connectivity index (χ1v) is 9.77. The topological polar surface area (TPSA) is 69.7 Å². The highest BCUT2D eigenvalue weighted by atomic mass is 16.6. The van der Waals surface area contributed by atoms with Crippen LogP contribution in [0.3, 0.4) is 0 Å². The van der Waals surface area contributed by atoms with Gasteiger partial charge in [-0.05, 0) is 64.5 Å². The van der Waals surface area contributed by atoms with Crippen LogP contribution >= 0.6 is 0 Å². The van der Waals surface area contributed by atoms with E-state index in [0.29, 0.717) is 18.0 Å². The Hall–Kier alpha value is -4.06. The number of methoxy groups -OCH3 is 2. The van der Waals surface area contributed by atoms with Gasteiger partial charge in [0.15, 0.2) is 0 Å². The molecule has 1 N–H and O–H groups in total. The first kappa shape index (κ1) is 20.2. The Kier molecular flexibility index (Phi) is 5.98. The predicted octanol–water partition coefficient (Wildman–Crippen LogP) is 5.21. The summed E-state index contributed by atoms with van der Waals surface area (Å²) >= 11 is 0. The molecule has 4 aromatic rings. The molecule has 0 bridgehead atoms. The molecule has 6 nitrogen and oxygen atoms in total. The minimum absolute atomic E-state index is 0.315. The van der Waals surface area contributed by atoms with Crippen molar-refractivity contribution in [3.05, 3.63) is 84.7 Å². The van der Waals surface area contributed by atoms with E-state index < -0.39 is 6.09 Å². The molecular formula is C25H22N2O4. The summed E-state index contributed by atoms with van der Waals surface area (Å²) in [4.78, 5) is 16.5. The second-order valence-electron chi connectivity index (χ2n) is 6.84. The lowest BCUT2D eigenvalue weighted by molar-refractivity contribution is 0.200. The Morgan fingerprint density at radius 3 is 2.42 bits per heavy atom. The number of nitrogens with one attached hydrogen (secondary N) is 1. The number of nitrogens with zero attached hydrogens (tertiary/aromatic N) is 1. The Morgan fingerprint density at radius 1 is 0.871 bits per heavy atom. The number of rotatable bonds is 6. The maximum absolute atomic E-state index is 12.2. The highest BCUT2D eigenvalue weighted by Crippen LogP contribution is 2.32. The lowest BCUT2D eigenvalue weighted by Crippen LogP contribution is -2.26. The fourth-order valence-electron chi connectivity index (χ4n) is 3.40. The van der Waals surface area contributed by atoms with Crippen LogP contribution in [0.5, 0.6) is 17.2 Å². The van der Waals surface area contributed by atoms with Gasteiger partial charge in [-0.15, -0.1) is 0 Å². The summed E-state index contributed by atoms with van der Waals surface area (Å²) in [5, 5.41) is 4.82. The molecule has 1 aromatic heterocycles. The number of carbonyl (C=O) groups excluding carboxylic acids is 1. The van der Waals surface area contributed by atoms with E-state index in [4.69, 9.17) is 14.2 Å². The molecule has 4 rings (SSSR count). The van der Waals surface area contributed by atoms with Gasteiger partial charge in [-0.2, -0.15) is 0 Å². The second kappa shape index (κ2) is 9.17. The third kappa shape index (κ3) is 4.59. The zero-order valence-corrected chi connectivity index (χ0v) is 17.3. The summed E-state index contributed by atoms with van der Waals surface area (Å²) in [6, 6.07) is 20.8. The van der Waals surface area contributed by atoms with Gasteiger partial charge in [-0.1, -0.05) is 24.3 Å². The quantitative estimate of drug-likeness (QED) is 0.469. The Labute approximate surface area is 180 Å². The number of hydrogen-bond donors (Lipinski definition) is 1. The Bertz CT molecular complexity index is 1210. The lowest BCUT2D eigenvalue weighted by atomic mass is 9.96. The first-order chi connectivity index (χ1) is 15.2. The van der Waals surface area contributed by atoms with Gasteiger partial charge in [0.1, 0.15) is 17.2 Å². The molecule has 0 saturated carbocycles. The molecule has 0 radical (unpaired) electrons. The maximum Gasteiger partial charge on any atom is 0.412 e. The minimum atomic E-state index is -0.529. The standard InChI is InChI=1S/C25H22N2O4/c1-29-19-7-9-20(10-8-19)31-25(28)27-15-18-6-11-22(23-12-13-26-16-24(18)23)17-4-3-5-21(14-17)30-2/h3-14,16H,15H2,1-2H3,(H,27,28). The van der Waals surface area contributed by atoms with Gasteiger partial charge in [0, 0.05) is 24.3 Å². The van der Waals surface area contributed by atoms with Crippen LogP contribution in [0, 0.1) is 0 Å². The molecular weight excluding hydrogens is 392 g/mol. The number of ether oxygens (including phenoxy) is 3. The zero-order valence-electron chi connectivity index (χ0n) is 17.3. The zero-order chi connectivity index (χ0) is 21.6. The minimum Gasteiger partial charge on any atom is -0.497 e. The summed E-state index contributed by atoms with van der Waals surface area (Å²) in [6.45, 7) is 0.315. The number of pyridine rings is 1. The molecule has 0 aliphatic carbocycles. The molecule has 3 aromatic carbocycles. The van der Waals surface area contributed by atoms with Crippen molar-refractivity contribution >= 4 is 16.9 Å². The number of amides is 1. The number of hydrogen-bond acceptors (Lipinski definition) is 5. The molecule has 1 amide bonds. The monoisotopic (exact) mass is 414 g/mol. The van der Waals surface area contributed by atoms with Crippen LogP contribution in [0.25, 0.3) is 21.9 Å². The van der Waals surface area contributed by atoms with Crippen LogP contribution in [0.2, 0.25) is 0 Å². The van der Waals surface area contributed by atoms with Crippen molar-refractivity contribution in [2.24, 2.45) is 0 Å². The third-order valence-corrected chi connectivity index (χ3v) is 4.98. The predicted molar refractivity (Wildman–Crippen MR) is 120 cm³/mol. The van der Waals surface area contributed by atoms with Crippen molar-refractivity contribution in [2.45, 2.75) is 6.54 Å². The maximum atomic E-state index is 12.2. The van der Waals surface area contributed by atoms with E-state index in [9.17, 15) is 4.79 Å². The summed E-state index contributed by atoms with van der Waals surface area (Å²) in [7, 11) is 3.24. The van der Waals surface area contributed by atoms with Crippen molar-refractivity contribution in [3.8, 4) is 28.4 Å². The van der Waals surface area contributed by atoms with Crippen LogP contribution in [0.15, 0.2) is 79.1 Å². The van der Waals surface area contributed by atoms with Gasteiger partial charge in [0.2, 0.25) is 0 Å². The van der Waals surface area contributed by atoms with Crippen LogP contribution in [0.1, 0.15) is 5.56 Å². The third-order valence-electron chi connectivity index (χ3n) is 4.98. The molecule has 156 valence electrons. The van der Waals surface area contributed by atoms with Crippen LogP contribution in [0.4, 0.5) is 4.79 Å². The largest absolute Gasteiger partial charge is 0.497 e. The van der Waals surface area contributed by atoms with Gasteiger partial charge in [0.05, 0.1) is 14.2 Å². The normalized spacial score (nSPS) is 10.5. The van der Waals surface area contributed by atoms with E-state index in [-0.39, 0.29) is 0 Å². The molecule has 0 saturated heterocycles. The molecule has 0 spiro atoms. The van der Waals surface area contributed by atoms with E-state index in [2.05, 4.69) is 10.3 Å². The summed E-state index contributed by atoms with van der Waals surface area (Å²) in [6.07, 6.45) is 3.05. The van der Waals surface area contributed by atoms with Gasteiger partial charge in [0.25, 0.3) is 0 Å². The molecule has 0 atom stereocenters. The van der Waals surface area contributed by atoms with E-state index in [1.807, 2.05) is 48.7 Å². The SMILES string of the molecule is COc1ccc(OC(=O)NCc2ccc(-c3cccc(OC)c3)c3ccncc23)cc1. The number of carbonyl (C=O) groups is 1. The molecule has 31 heavy (non-hydrogen) atoms.